The molecule has 2 aliphatic heterocycles. The van der Waals surface area contributed by atoms with Crippen LogP contribution in [-0.2, 0) is 37.1 Å². The molecule has 244 valence electrons. The van der Waals surface area contributed by atoms with E-state index in [4.69, 9.17) is 14.6 Å². The fourth-order valence-corrected chi connectivity index (χ4v) is 4.29. The van der Waals surface area contributed by atoms with Crippen molar-refractivity contribution in [3.8, 4) is 0 Å². The quantitative estimate of drug-likeness (QED) is 0.217. The Morgan fingerprint density at radius 2 is 1.18 bits per heavy atom. The van der Waals surface area contributed by atoms with Crippen LogP contribution in [0.1, 0.15) is 51.7 Å². The van der Waals surface area contributed by atoms with Gasteiger partial charge in [-0.3, -0.25) is 9.59 Å². The largest absolute Gasteiger partial charge is 0.445 e. The van der Waals surface area contributed by atoms with Gasteiger partial charge in [0.1, 0.15) is 19.5 Å². The predicted molar refractivity (Wildman–Crippen MR) is 170 cm³/mol. The molecule has 2 amide bonds. The van der Waals surface area contributed by atoms with Crippen molar-refractivity contribution in [3.05, 3.63) is 71.8 Å². The number of piperidine rings is 2. The highest BCUT2D eigenvalue weighted by atomic mass is 35.5. The Morgan fingerprint density at radius 3 is 1.59 bits per heavy atom. The minimum atomic E-state index is -1.14. The van der Waals surface area contributed by atoms with Crippen LogP contribution in [0.15, 0.2) is 60.7 Å². The van der Waals surface area contributed by atoms with Crippen LogP contribution in [0, 0.1) is 11.8 Å². The van der Waals surface area contributed by atoms with Gasteiger partial charge in [-0.2, -0.15) is 0 Å². The summed E-state index contributed by atoms with van der Waals surface area (Å²) in [6, 6.07) is 19.2. The topological polar surface area (TPSA) is 131 Å². The fourth-order valence-electron chi connectivity index (χ4n) is 4.29. The average Bonchev–Trinajstić information content (AvgIpc) is 3.04. The highest BCUT2D eigenvalue weighted by molar-refractivity contribution is 6.97. The lowest BCUT2D eigenvalue weighted by Crippen LogP contribution is -2.41. The van der Waals surface area contributed by atoms with E-state index in [1.807, 2.05) is 60.7 Å². The molecule has 2 aliphatic rings. The Labute approximate surface area is 270 Å². The van der Waals surface area contributed by atoms with Crippen molar-refractivity contribution in [2.75, 3.05) is 32.8 Å². The molecular weight excluding hydrogens is 611 g/mol. The van der Waals surface area contributed by atoms with Gasteiger partial charge in [-0.15, -0.1) is 0 Å². The Bertz CT molecular complexity index is 1130. The summed E-state index contributed by atoms with van der Waals surface area (Å²) in [6.45, 7) is 3.22. The van der Waals surface area contributed by atoms with Crippen LogP contribution in [0.4, 0.5) is 9.59 Å². The Kier molecular flexibility index (Phi) is 21.2. The lowest BCUT2D eigenvalue weighted by Gasteiger charge is -2.31. The first-order valence-corrected chi connectivity index (χ1v) is 14.4. The van der Waals surface area contributed by atoms with E-state index in [1.54, 1.807) is 9.80 Å². The molecule has 2 fully saturated rings. The molecule has 2 aromatic carbocycles. The molecular formula is C32H44Cl2N2O8. The first-order valence-electron chi connectivity index (χ1n) is 13.6. The molecule has 2 atom stereocenters. The van der Waals surface area contributed by atoms with Crippen LogP contribution >= 0.6 is 23.2 Å². The minimum Gasteiger partial charge on any atom is -0.445 e. The number of aliphatic hydroxyl groups is 1. The number of nitrogens with zero attached hydrogens (tertiary/aromatic N) is 2. The van der Waals surface area contributed by atoms with Gasteiger partial charge in [0, 0.05) is 38.7 Å². The van der Waals surface area contributed by atoms with Crippen molar-refractivity contribution in [1.82, 2.24) is 9.80 Å². The number of ether oxygens (including phenoxy) is 2. The second-order valence-corrected chi connectivity index (χ2v) is 10.4. The van der Waals surface area contributed by atoms with Gasteiger partial charge in [0.2, 0.25) is 0 Å². The van der Waals surface area contributed by atoms with Gasteiger partial charge in [0.25, 0.3) is 0 Å². The van der Waals surface area contributed by atoms with Crippen LogP contribution in [0.3, 0.4) is 0 Å². The maximum absolute atomic E-state index is 11.9. The van der Waals surface area contributed by atoms with Gasteiger partial charge >= 0.3 is 22.7 Å². The highest BCUT2D eigenvalue weighted by Gasteiger charge is 2.25. The van der Waals surface area contributed by atoms with Crippen molar-refractivity contribution >= 4 is 52.2 Å². The van der Waals surface area contributed by atoms with Crippen LogP contribution < -0.4 is 0 Å². The van der Waals surface area contributed by atoms with Crippen LogP contribution in [0.25, 0.3) is 0 Å². The summed E-state index contributed by atoms with van der Waals surface area (Å²) < 4.78 is 10.5. The molecule has 4 rings (SSSR count). The molecule has 0 aromatic heterocycles. The van der Waals surface area contributed by atoms with E-state index in [2.05, 4.69) is 23.2 Å². The summed E-state index contributed by atoms with van der Waals surface area (Å²) in [5.41, 5.74) is 1.95. The molecule has 44 heavy (non-hydrogen) atoms. The zero-order valence-corrected chi connectivity index (χ0v) is 24.8. The van der Waals surface area contributed by atoms with E-state index in [1.165, 1.54) is 0 Å². The average molecular weight is 656 g/mol. The molecule has 2 aromatic rings. The molecule has 2 heterocycles. The molecule has 0 aliphatic carbocycles. The zero-order chi connectivity index (χ0) is 30.7. The number of carbonyl (C=O) groups excluding carboxylic acids is 5. The monoisotopic (exact) mass is 654 g/mol. The Morgan fingerprint density at radius 1 is 0.750 bits per heavy atom. The Hall–Kier alpha value is -3.47. The van der Waals surface area contributed by atoms with E-state index in [-0.39, 0.29) is 52.1 Å². The molecule has 0 bridgehead atoms. The maximum Gasteiger partial charge on any atom is 0.410 e. The number of benzene rings is 2. The predicted octanol–water partition coefficient (Wildman–Crippen LogP) is 6.05. The van der Waals surface area contributed by atoms with Gasteiger partial charge in [-0.25, -0.2) is 9.59 Å². The lowest BCUT2D eigenvalue weighted by atomic mass is 10.00. The number of hydrogen-bond donors (Lipinski definition) is 1. The van der Waals surface area contributed by atoms with Gasteiger partial charge < -0.3 is 29.2 Å². The molecule has 0 spiro atoms. The number of carbonyl (C=O) groups is 5. The standard InChI is InChI=1S/C14H19NO3.C14H17NO3.C2Cl2O2.2CH4/c2*16-10-13-7-4-8-15(9-13)14(17)18-11-12-5-2-1-3-6-12;3-1(5)2(4)6;;/h1-3,5-6,13,16H,4,7-11H2;1-3,5-6,10,13H,4,7-9,11H2;;2*1H4/t2*13-;;;/m11.../s1. The third-order valence-electron chi connectivity index (χ3n) is 6.51. The first-order chi connectivity index (χ1) is 20.2. The van der Waals surface area contributed by atoms with Crippen molar-refractivity contribution in [2.45, 2.75) is 53.8 Å². The van der Waals surface area contributed by atoms with E-state index in [0.717, 1.165) is 49.6 Å². The van der Waals surface area contributed by atoms with Crippen molar-refractivity contribution in [1.29, 1.82) is 0 Å². The second kappa shape index (κ2) is 23.0. The van der Waals surface area contributed by atoms with Gasteiger partial charge in [-0.05, 0) is 65.9 Å². The van der Waals surface area contributed by atoms with Crippen molar-refractivity contribution in [2.24, 2.45) is 11.8 Å². The van der Waals surface area contributed by atoms with Crippen LogP contribution in [0.2, 0.25) is 0 Å². The Balaban J connectivity index is 0.000000685. The molecule has 10 nitrogen and oxygen atoms in total. The summed E-state index contributed by atoms with van der Waals surface area (Å²) in [5.74, 6) is 0.158. The van der Waals surface area contributed by atoms with E-state index < -0.39 is 10.5 Å². The zero-order valence-electron chi connectivity index (χ0n) is 23.2. The van der Waals surface area contributed by atoms with E-state index >= 15 is 0 Å². The number of likely N-dealkylation sites (tertiary alicyclic amines) is 2. The normalized spacial score (nSPS) is 17.0. The smallest absolute Gasteiger partial charge is 0.410 e. The molecule has 0 unspecified atom stereocenters. The van der Waals surface area contributed by atoms with E-state index in [0.29, 0.717) is 26.2 Å². The third kappa shape index (κ3) is 15.8. The molecule has 12 heteroatoms. The van der Waals surface area contributed by atoms with Gasteiger partial charge in [0.05, 0.1) is 0 Å². The SMILES string of the molecule is C.C.O=C(Cl)C(=O)Cl.O=C(OCc1ccccc1)N1CCC[C@@H](CO)C1.O=C[C@@H]1CCCN(C(=O)OCc2ccccc2)C1. The highest BCUT2D eigenvalue weighted by Crippen LogP contribution is 2.17. The summed E-state index contributed by atoms with van der Waals surface area (Å²) in [4.78, 5) is 56.6. The van der Waals surface area contributed by atoms with E-state index in [9.17, 15) is 24.0 Å². The first kappa shape index (κ1) is 40.5. The summed E-state index contributed by atoms with van der Waals surface area (Å²) in [5, 5.41) is 6.84. The number of rotatable bonds is 7. The van der Waals surface area contributed by atoms with Gasteiger partial charge in [0.15, 0.2) is 0 Å². The van der Waals surface area contributed by atoms with Crippen molar-refractivity contribution in [3.63, 3.8) is 0 Å². The van der Waals surface area contributed by atoms with Crippen LogP contribution in [-0.4, -0.2) is 76.6 Å². The second-order valence-electron chi connectivity index (χ2n) is 9.75. The molecule has 0 radical (unpaired) electrons. The molecule has 0 saturated carbocycles. The summed E-state index contributed by atoms with van der Waals surface area (Å²) in [7, 11) is 0. The minimum absolute atomic E-state index is 0. The molecule has 1 N–H and O–H groups in total. The maximum atomic E-state index is 11.9. The molecule has 2 saturated heterocycles. The van der Waals surface area contributed by atoms with Crippen LogP contribution in [0.5, 0.6) is 0 Å². The summed E-state index contributed by atoms with van der Waals surface area (Å²) >= 11 is 8.98. The van der Waals surface area contributed by atoms with Crippen molar-refractivity contribution < 1.29 is 38.6 Å². The fraction of sp³-hybridized carbons (Fsp3) is 0.469. The number of halogens is 2. The lowest BCUT2D eigenvalue weighted by molar-refractivity contribution is -0.127. The summed E-state index contributed by atoms with van der Waals surface area (Å²) in [6.07, 6.45) is 3.97. The third-order valence-corrected chi connectivity index (χ3v) is 6.95. The number of aldehydes is 1. The number of aliphatic hydroxyl groups excluding tert-OH is 1. The number of amides is 2. The number of hydrogen-bond acceptors (Lipinski definition) is 8. The van der Waals surface area contributed by atoms with Gasteiger partial charge in [-0.1, -0.05) is 75.5 Å².